The maximum absolute atomic E-state index is 11.2. The van der Waals surface area contributed by atoms with Gasteiger partial charge in [-0.15, -0.1) is 0 Å². The van der Waals surface area contributed by atoms with E-state index < -0.39 is 12.0 Å². The summed E-state index contributed by atoms with van der Waals surface area (Å²) in [6.45, 7) is 3.76. The highest BCUT2D eigenvalue weighted by atomic mass is 16.5. The Hall–Kier alpha value is -1.55. The van der Waals surface area contributed by atoms with Crippen LogP contribution in [0.2, 0.25) is 0 Å². The van der Waals surface area contributed by atoms with Gasteiger partial charge in [0.05, 0.1) is 7.11 Å². The van der Waals surface area contributed by atoms with Crippen LogP contribution in [0.4, 0.5) is 0 Å². The Bertz CT molecular complexity index is 378. The Labute approximate surface area is 95.0 Å². The van der Waals surface area contributed by atoms with E-state index in [0.29, 0.717) is 6.42 Å². The molecule has 3 N–H and O–H groups in total. The van der Waals surface area contributed by atoms with E-state index in [9.17, 15) is 9.90 Å². The number of rotatable bonds is 3. The Balaban J connectivity index is 2.93. The van der Waals surface area contributed by atoms with Crippen molar-refractivity contribution in [3.05, 3.63) is 28.8 Å². The Kier molecular flexibility index (Phi) is 3.90. The number of esters is 1. The molecule has 4 heteroatoms. The second-order valence-electron chi connectivity index (χ2n) is 3.89. The van der Waals surface area contributed by atoms with Crippen molar-refractivity contribution in [3.63, 3.8) is 0 Å². The molecule has 4 nitrogen and oxygen atoms in total. The van der Waals surface area contributed by atoms with Crippen LogP contribution >= 0.6 is 0 Å². The zero-order valence-electron chi connectivity index (χ0n) is 9.78. The van der Waals surface area contributed by atoms with Gasteiger partial charge < -0.3 is 15.6 Å². The van der Waals surface area contributed by atoms with Gasteiger partial charge in [-0.3, -0.25) is 4.79 Å². The lowest BCUT2D eigenvalue weighted by Gasteiger charge is -2.14. The molecule has 0 saturated heterocycles. The van der Waals surface area contributed by atoms with E-state index in [-0.39, 0.29) is 5.75 Å². The van der Waals surface area contributed by atoms with Crippen LogP contribution in [-0.4, -0.2) is 24.2 Å². The molecule has 16 heavy (non-hydrogen) atoms. The maximum atomic E-state index is 11.2. The van der Waals surface area contributed by atoms with Gasteiger partial charge in [0.25, 0.3) is 0 Å². The van der Waals surface area contributed by atoms with Crippen LogP contribution in [0.15, 0.2) is 12.1 Å². The first kappa shape index (κ1) is 12.5. The molecule has 0 bridgehead atoms. The number of methoxy groups -OCH3 is 1. The molecule has 0 aliphatic carbocycles. The molecule has 0 aliphatic heterocycles. The summed E-state index contributed by atoms with van der Waals surface area (Å²) < 4.78 is 4.57. The number of carbonyl (C=O) groups is 1. The summed E-state index contributed by atoms with van der Waals surface area (Å²) in [5.41, 5.74) is 8.54. The fourth-order valence-corrected chi connectivity index (χ4v) is 1.75. The summed E-state index contributed by atoms with van der Waals surface area (Å²) >= 11 is 0. The van der Waals surface area contributed by atoms with E-state index in [2.05, 4.69) is 4.74 Å². The molecule has 1 atom stereocenters. The monoisotopic (exact) mass is 223 g/mol. The summed E-state index contributed by atoms with van der Waals surface area (Å²) in [7, 11) is 1.32. The van der Waals surface area contributed by atoms with E-state index in [1.54, 1.807) is 12.1 Å². The zero-order valence-corrected chi connectivity index (χ0v) is 9.78. The average Bonchev–Trinajstić information content (AvgIpc) is 2.21. The molecule has 1 rings (SSSR count). The van der Waals surface area contributed by atoms with Gasteiger partial charge >= 0.3 is 5.97 Å². The third kappa shape index (κ3) is 2.73. The molecule has 0 amide bonds. The Morgan fingerprint density at radius 2 is 1.94 bits per heavy atom. The van der Waals surface area contributed by atoms with Crippen molar-refractivity contribution in [2.45, 2.75) is 26.3 Å². The number of carbonyl (C=O) groups excluding carboxylic acids is 1. The first-order chi connectivity index (χ1) is 7.45. The van der Waals surface area contributed by atoms with Crippen LogP contribution in [-0.2, 0) is 16.0 Å². The topological polar surface area (TPSA) is 72.5 Å². The highest BCUT2D eigenvalue weighted by Crippen LogP contribution is 2.21. The van der Waals surface area contributed by atoms with Crippen molar-refractivity contribution < 1.29 is 14.6 Å². The van der Waals surface area contributed by atoms with Crippen molar-refractivity contribution in [3.8, 4) is 5.75 Å². The number of hydrogen-bond acceptors (Lipinski definition) is 4. The van der Waals surface area contributed by atoms with Crippen molar-refractivity contribution in [2.75, 3.05) is 7.11 Å². The molecule has 1 aromatic rings. The summed E-state index contributed by atoms with van der Waals surface area (Å²) in [4.78, 5) is 11.2. The van der Waals surface area contributed by atoms with Crippen molar-refractivity contribution >= 4 is 5.97 Å². The lowest BCUT2D eigenvalue weighted by atomic mass is 9.96. The fourth-order valence-electron chi connectivity index (χ4n) is 1.75. The number of phenols is 1. The molecular formula is C12H17NO3. The third-order valence-electron chi connectivity index (χ3n) is 2.61. The predicted octanol–water partition coefficient (Wildman–Crippen LogP) is 1.05. The number of benzene rings is 1. The van der Waals surface area contributed by atoms with Gasteiger partial charge in [0.15, 0.2) is 0 Å². The van der Waals surface area contributed by atoms with E-state index >= 15 is 0 Å². The normalized spacial score (nSPS) is 12.2. The van der Waals surface area contributed by atoms with Crippen LogP contribution < -0.4 is 5.73 Å². The largest absolute Gasteiger partial charge is 0.508 e. The van der Waals surface area contributed by atoms with Gasteiger partial charge in [-0.05, 0) is 49.1 Å². The molecule has 0 aromatic heterocycles. The van der Waals surface area contributed by atoms with Gasteiger partial charge in [-0.2, -0.15) is 0 Å². The molecule has 88 valence electrons. The average molecular weight is 223 g/mol. The zero-order chi connectivity index (χ0) is 12.3. The summed E-state index contributed by atoms with van der Waals surface area (Å²) in [5.74, 6) is -0.197. The molecule has 0 saturated carbocycles. The summed E-state index contributed by atoms with van der Waals surface area (Å²) in [5, 5.41) is 9.38. The molecule has 0 radical (unpaired) electrons. The maximum Gasteiger partial charge on any atom is 0.322 e. The van der Waals surface area contributed by atoms with Gasteiger partial charge in [0.2, 0.25) is 0 Å². The number of aromatic hydroxyl groups is 1. The molecule has 0 spiro atoms. The quantitative estimate of drug-likeness (QED) is 0.751. The van der Waals surface area contributed by atoms with Crippen molar-refractivity contribution in [1.82, 2.24) is 0 Å². The molecule has 0 fully saturated rings. The standard InChI is InChI=1S/C12H17NO3/c1-7-4-9(14)5-8(2)10(7)6-11(13)12(15)16-3/h4-5,11,14H,6,13H2,1-3H3. The van der Waals surface area contributed by atoms with Crippen LogP contribution in [0, 0.1) is 13.8 Å². The molecule has 1 unspecified atom stereocenters. The van der Waals surface area contributed by atoms with E-state index in [1.165, 1.54) is 7.11 Å². The van der Waals surface area contributed by atoms with Gasteiger partial charge in [-0.25, -0.2) is 0 Å². The van der Waals surface area contributed by atoms with Crippen LogP contribution in [0.3, 0.4) is 0 Å². The highest BCUT2D eigenvalue weighted by molar-refractivity contribution is 5.75. The smallest absolute Gasteiger partial charge is 0.322 e. The SMILES string of the molecule is COC(=O)C(N)Cc1c(C)cc(O)cc1C. The number of nitrogens with two attached hydrogens (primary N) is 1. The molecule has 0 heterocycles. The minimum Gasteiger partial charge on any atom is -0.508 e. The van der Waals surface area contributed by atoms with Gasteiger partial charge in [-0.1, -0.05) is 0 Å². The first-order valence-electron chi connectivity index (χ1n) is 5.08. The Morgan fingerprint density at radius 1 is 1.44 bits per heavy atom. The highest BCUT2D eigenvalue weighted by Gasteiger charge is 2.16. The number of hydrogen-bond donors (Lipinski definition) is 2. The van der Waals surface area contributed by atoms with E-state index in [4.69, 9.17) is 5.73 Å². The number of ether oxygens (including phenoxy) is 1. The minimum atomic E-state index is -0.660. The second-order valence-corrected chi connectivity index (χ2v) is 3.89. The van der Waals surface area contributed by atoms with Gasteiger partial charge in [0.1, 0.15) is 11.8 Å². The van der Waals surface area contributed by atoms with Crippen molar-refractivity contribution in [1.29, 1.82) is 0 Å². The lowest BCUT2D eigenvalue weighted by Crippen LogP contribution is -2.34. The molecule has 0 aliphatic rings. The molecular weight excluding hydrogens is 206 g/mol. The van der Waals surface area contributed by atoms with Crippen molar-refractivity contribution in [2.24, 2.45) is 5.73 Å². The predicted molar refractivity (Wildman–Crippen MR) is 61.3 cm³/mol. The number of aryl methyl sites for hydroxylation is 2. The van der Waals surface area contributed by atoms with Crippen LogP contribution in [0.25, 0.3) is 0 Å². The van der Waals surface area contributed by atoms with Crippen LogP contribution in [0.5, 0.6) is 5.75 Å². The number of phenolic OH excluding ortho intramolecular Hbond substituents is 1. The van der Waals surface area contributed by atoms with E-state index in [1.807, 2.05) is 13.8 Å². The lowest BCUT2D eigenvalue weighted by molar-refractivity contribution is -0.142. The van der Waals surface area contributed by atoms with E-state index in [0.717, 1.165) is 16.7 Å². The van der Waals surface area contributed by atoms with Gasteiger partial charge in [0, 0.05) is 0 Å². The molecule has 1 aromatic carbocycles. The first-order valence-corrected chi connectivity index (χ1v) is 5.08. The fraction of sp³-hybridized carbons (Fsp3) is 0.417. The second kappa shape index (κ2) is 4.99. The summed E-state index contributed by atoms with van der Waals surface area (Å²) in [6.07, 6.45) is 0.421. The summed E-state index contributed by atoms with van der Waals surface area (Å²) in [6, 6.07) is 2.66. The van der Waals surface area contributed by atoms with Crippen LogP contribution in [0.1, 0.15) is 16.7 Å². The third-order valence-corrected chi connectivity index (χ3v) is 2.61. The minimum absolute atomic E-state index is 0.227. The Morgan fingerprint density at radius 3 is 2.38 bits per heavy atom.